The molecule has 0 saturated heterocycles. The van der Waals surface area contributed by atoms with Crippen molar-refractivity contribution >= 4 is 0 Å². The van der Waals surface area contributed by atoms with Gasteiger partial charge in [-0.3, -0.25) is 0 Å². The molecule has 102 valence electrons. The Bertz CT molecular complexity index is 459. The summed E-state index contributed by atoms with van der Waals surface area (Å²) in [5, 5.41) is 18.7. The van der Waals surface area contributed by atoms with Crippen LogP contribution in [0.25, 0.3) is 0 Å². The predicted molar refractivity (Wildman–Crippen MR) is 74.8 cm³/mol. The fourth-order valence-corrected chi connectivity index (χ4v) is 2.34. The highest BCUT2D eigenvalue weighted by Gasteiger charge is 2.17. The predicted octanol–water partition coefficient (Wildman–Crippen LogP) is 2.79. The van der Waals surface area contributed by atoms with Crippen molar-refractivity contribution in [3.63, 3.8) is 0 Å². The van der Waals surface area contributed by atoms with Gasteiger partial charge in [0, 0.05) is 5.92 Å². The molecule has 0 spiro atoms. The summed E-state index contributed by atoms with van der Waals surface area (Å²) in [5.41, 5.74) is 1.22. The number of hydrogen-bond acceptors (Lipinski definition) is 3. The third kappa shape index (κ3) is 3.86. The molecular formula is C16H20O3. The maximum absolute atomic E-state index is 9.49. The normalized spacial score (nSPS) is 22.1. The van der Waals surface area contributed by atoms with Crippen molar-refractivity contribution in [3.05, 3.63) is 53.8 Å². The van der Waals surface area contributed by atoms with E-state index in [1.54, 1.807) is 31.4 Å². The number of aromatic hydroxyl groups is 1. The van der Waals surface area contributed by atoms with Crippen LogP contribution in [0.4, 0.5) is 0 Å². The number of benzene rings is 1. The lowest BCUT2D eigenvalue weighted by atomic mass is 9.93. The molecule has 2 atom stereocenters. The van der Waals surface area contributed by atoms with E-state index in [9.17, 15) is 10.2 Å². The lowest BCUT2D eigenvalue weighted by molar-refractivity contribution is 0.216. The molecule has 1 aliphatic carbocycles. The average Bonchev–Trinajstić information content (AvgIpc) is 2.42. The molecule has 3 nitrogen and oxygen atoms in total. The first-order chi connectivity index (χ1) is 9.19. The monoisotopic (exact) mass is 260 g/mol. The van der Waals surface area contributed by atoms with E-state index in [2.05, 4.69) is 0 Å². The van der Waals surface area contributed by atoms with Crippen LogP contribution < -0.4 is 0 Å². The third-order valence-electron chi connectivity index (χ3n) is 3.39. The minimum Gasteiger partial charge on any atom is -0.508 e. The molecule has 1 aromatic rings. The first-order valence-electron chi connectivity index (χ1n) is 6.59. The second-order valence-electron chi connectivity index (χ2n) is 4.81. The lowest BCUT2D eigenvalue weighted by Gasteiger charge is -2.20. The summed E-state index contributed by atoms with van der Waals surface area (Å²) < 4.78 is 5.31. The van der Waals surface area contributed by atoms with Gasteiger partial charge in [0.15, 0.2) is 0 Å². The van der Waals surface area contributed by atoms with Crippen molar-refractivity contribution in [1.29, 1.82) is 0 Å². The highest BCUT2D eigenvalue weighted by atomic mass is 16.5. The van der Waals surface area contributed by atoms with Crippen molar-refractivity contribution in [1.82, 2.24) is 0 Å². The molecule has 0 bridgehead atoms. The molecule has 2 rings (SSSR count). The van der Waals surface area contributed by atoms with E-state index in [4.69, 9.17) is 4.74 Å². The van der Waals surface area contributed by atoms with Gasteiger partial charge < -0.3 is 14.9 Å². The molecule has 0 radical (unpaired) electrons. The van der Waals surface area contributed by atoms with E-state index in [-0.39, 0.29) is 5.92 Å². The first kappa shape index (κ1) is 13.7. The van der Waals surface area contributed by atoms with Gasteiger partial charge in [-0.05, 0) is 43.0 Å². The van der Waals surface area contributed by atoms with Crippen molar-refractivity contribution in [2.45, 2.75) is 25.4 Å². The molecule has 2 unspecified atom stereocenters. The van der Waals surface area contributed by atoms with Crippen LogP contribution in [0.2, 0.25) is 0 Å². The van der Waals surface area contributed by atoms with Gasteiger partial charge in [-0.1, -0.05) is 24.3 Å². The van der Waals surface area contributed by atoms with Gasteiger partial charge in [0.05, 0.1) is 13.2 Å². The fourth-order valence-electron chi connectivity index (χ4n) is 2.34. The zero-order valence-corrected chi connectivity index (χ0v) is 11.1. The molecule has 0 aromatic heterocycles. The van der Waals surface area contributed by atoms with Gasteiger partial charge in [0.2, 0.25) is 0 Å². The Morgan fingerprint density at radius 2 is 1.89 bits per heavy atom. The largest absolute Gasteiger partial charge is 0.508 e. The van der Waals surface area contributed by atoms with Crippen LogP contribution in [-0.4, -0.2) is 23.4 Å². The number of methoxy groups -OCH3 is 1. The number of aryl methyl sites for hydroxylation is 1. The quantitative estimate of drug-likeness (QED) is 0.800. The van der Waals surface area contributed by atoms with Gasteiger partial charge in [0.1, 0.15) is 11.5 Å². The maximum Gasteiger partial charge on any atom is 0.115 e. The average molecular weight is 260 g/mol. The summed E-state index contributed by atoms with van der Waals surface area (Å²) in [6.45, 7) is 0. The summed E-state index contributed by atoms with van der Waals surface area (Å²) in [6.07, 6.45) is 8.05. The van der Waals surface area contributed by atoms with Crippen LogP contribution in [0.1, 0.15) is 18.4 Å². The lowest BCUT2D eigenvalue weighted by Crippen LogP contribution is -2.13. The highest BCUT2D eigenvalue weighted by molar-refractivity contribution is 5.26. The van der Waals surface area contributed by atoms with Gasteiger partial charge in [-0.15, -0.1) is 0 Å². The molecule has 0 amide bonds. The molecule has 1 aromatic carbocycles. The molecule has 0 heterocycles. The van der Waals surface area contributed by atoms with Gasteiger partial charge >= 0.3 is 0 Å². The smallest absolute Gasteiger partial charge is 0.115 e. The Morgan fingerprint density at radius 3 is 2.58 bits per heavy atom. The third-order valence-corrected chi connectivity index (χ3v) is 3.39. The van der Waals surface area contributed by atoms with Gasteiger partial charge in [-0.25, -0.2) is 0 Å². The van der Waals surface area contributed by atoms with E-state index in [0.29, 0.717) is 5.75 Å². The Hall–Kier alpha value is -1.74. The Morgan fingerprint density at radius 1 is 1.16 bits per heavy atom. The molecule has 3 heteroatoms. The maximum atomic E-state index is 9.49. The zero-order chi connectivity index (χ0) is 13.7. The molecule has 0 fully saturated rings. The number of phenols is 1. The van der Waals surface area contributed by atoms with E-state index in [0.717, 1.165) is 25.0 Å². The Kier molecular flexibility index (Phi) is 4.63. The molecule has 1 aliphatic rings. The number of aliphatic hydroxyl groups is 1. The summed E-state index contributed by atoms with van der Waals surface area (Å²) in [7, 11) is 1.64. The minimum absolute atomic E-state index is 0.255. The van der Waals surface area contributed by atoms with Crippen molar-refractivity contribution in [2.24, 2.45) is 5.92 Å². The summed E-state index contributed by atoms with van der Waals surface area (Å²) in [6, 6.07) is 7.32. The van der Waals surface area contributed by atoms with Crippen LogP contribution in [-0.2, 0) is 11.2 Å². The number of phenolic OH excluding ortho intramolecular Hbond substituents is 1. The van der Waals surface area contributed by atoms with Gasteiger partial charge in [-0.2, -0.15) is 0 Å². The minimum atomic E-state index is -0.525. The molecule has 19 heavy (non-hydrogen) atoms. The summed E-state index contributed by atoms with van der Waals surface area (Å²) >= 11 is 0. The van der Waals surface area contributed by atoms with Crippen LogP contribution >= 0.6 is 0 Å². The van der Waals surface area contributed by atoms with Crippen molar-refractivity contribution in [2.75, 3.05) is 7.11 Å². The number of rotatable bonds is 5. The number of allylic oxidation sites excluding steroid dienone is 1. The fraction of sp³-hybridized carbons (Fsp3) is 0.375. The highest BCUT2D eigenvalue weighted by Crippen LogP contribution is 2.25. The molecule has 2 N–H and O–H groups in total. The van der Waals surface area contributed by atoms with Crippen molar-refractivity contribution < 1.29 is 14.9 Å². The summed E-state index contributed by atoms with van der Waals surface area (Å²) in [4.78, 5) is 0. The Labute approximate surface area is 113 Å². The van der Waals surface area contributed by atoms with E-state index in [1.807, 2.05) is 18.2 Å². The van der Waals surface area contributed by atoms with E-state index >= 15 is 0 Å². The van der Waals surface area contributed by atoms with Crippen LogP contribution in [0.3, 0.4) is 0 Å². The topological polar surface area (TPSA) is 49.7 Å². The van der Waals surface area contributed by atoms with E-state index < -0.39 is 6.10 Å². The van der Waals surface area contributed by atoms with Gasteiger partial charge in [0.25, 0.3) is 0 Å². The molecule has 0 saturated carbocycles. The van der Waals surface area contributed by atoms with Crippen LogP contribution in [0.15, 0.2) is 48.3 Å². The summed E-state index contributed by atoms with van der Waals surface area (Å²) in [5.74, 6) is 1.41. The SMILES string of the molecule is COC1=CC(O)C=CC1CCCc1ccc(O)cc1. The van der Waals surface area contributed by atoms with Crippen LogP contribution in [0.5, 0.6) is 5.75 Å². The number of ether oxygens (including phenoxy) is 1. The van der Waals surface area contributed by atoms with Crippen LogP contribution in [0, 0.1) is 5.92 Å². The second kappa shape index (κ2) is 6.43. The van der Waals surface area contributed by atoms with Crippen molar-refractivity contribution in [3.8, 4) is 5.75 Å². The molecule has 0 aliphatic heterocycles. The Balaban J connectivity index is 1.84. The number of hydrogen-bond donors (Lipinski definition) is 2. The van der Waals surface area contributed by atoms with E-state index in [1.165, 1.54) is 5.56 Å². The molecular weight excluding hydrogens is 240 g/mol. The zero-order valence-electron chi connectivity index (χ0n) is 11.1. The standard InChI is InChI=1S/C16H20O3/c1-19-16-11-15(18)10-7-13(16)4-2-3-12-5-8-14(17)9-6-12/h5-11,13,15,17-18H,2-4H2,1H3. The second-order valence-corrected chi connectivity index (χ2v) is 4.81. The first-order valence-corrected chi connectivity index (χ1v) is 6.59. The number of aliphatic hydroxyl groups excluding tert-OH is 1.